The van der Waals surface area contributed by atoms with Crippen molar-refractivity contribution in [2.45, 2.75) is 19.5 Å². The molecule has 2 aromatic rings. The monoisotopic (exact) mass is 357 g/mol. The molecule has 1 amide bonds. The van der Waals surface area contributed by atoms with Crippen molar-refractivity contribution >= 4 is 29.0 Å². The zero-order valence-corrected chi connectivity index (χ0v) is 13.5. The summed E-state index contributed by atoms with van der Waals surface area (Å²) >= 11 is 5.54. The average Bonchev–Trinajstić information content (AvgIpc) is 2.54. The van der Waals surface area contributed by atoms with E-state index in [-0.39, 0.29) is 11.3 Å². The number of aromatic nitrogens is 1. The molecule has 8 heteroatoms. The molecule has 0 aliphatic heterocycles. The lowest BCUT2D eigenvalue weighted by Gasteiger charge is -2.12. The van der Waals surface area contributed by atoms with E-state index in [1.54, 1.807) is 12.1 Å². The van der Waals surface area contributed by atoms with Crippen LogP contribution in [0.5, 0.6) is 0 Å². The van der Waals surface area contributed by atoms with Gasteiger partial charge in [0.15, 0.2) is 0 Å². The van der Waals surface area contributed by atoms with Crippen LogP contribution in [-0.4, -0.2) is 17.4 Å². The van der Waals surface area contributed by atoms with Crippen LogP contribution in [0.15, 0.2) is 36.5 Å². The lowest BCUT2D eigenvalue weighted by Crippen LogP contribution is -2.14. The van der Waals surface area contributed by atoms with Crippen molar-refractivity contribution in [3.05, 3.63) is 52.7 Å². The molecule has 1 heterocycles. The van der Waals surface area contributed by atoms with Crippen LogP contribution in [0.1, 0.15) is 29.3 Å². The van der Waals surface area contributed by atoms with E-state index in [4.69, 9.17) is 11.6 Å². The normalized spacial score (nSPS) is 11.2. The van der Waals surface area contributed by atoms with Crippen molar-refractivity contribution in [3.8, 4) is 0 Å². The first-order valence-electron chi connectivity index (χ1n) is 7.19. The number of benzene rings is 1. The fourth-order valence-electron chi connectivity index (χ4n) is 1.91. The lowest BCUT2D eigenvalue weighted by molar-refractivity contribution is -0.137. The van der Waals surface area contributed by atoms with Gasteiger partial charge >= 0.3 is 6.18 Å². The van der Waals surface area contributed by atoms with E-state index < -0.39 is 22.7 Å². The standard InChI is InChI=1S/C16H15ClF3N3O/c1-2-7-21-14-6-3-10(9-22-14)15(24)23-11-4-5-13(17)12(8-11)16(18,19)20/h3-6,8-9H,2,7H2,1H3,(H,21,22)(H,23,24). The highest BCUT2D eigenvalue weighted by molar-refractivity contribution is 6.31. The molecular weight excluding hydrogens is 343 g/mol. The predicted molar refractivity (Wildman–Crippen MR) is 87.4 cm³/mol. The number of nitrogens with zero attached hydrogens (tertiary/aromatic N) is 1. The van der Waals surface area contributed by atoms with Gasteiger partial charge in [0.1, 0.15) is 5.82 Å². The summed E-state index contributed by atoms with van der Waals surface area (Å²) in [6.45, 7) is 2.76. The Morgan fingerprint density at radius 3 is 2.58 bits per heavy atom. The first-order chi connectivity index (χ1) is 11.3. The van der Waals surface area contributed by atoms with Crippen LogP contribution >= 0.6 is 11.6 Å². The zero-order chi connectivity index (χ0) is 17.7. The quantitative estimate of drug-likeness (QED) is 0.806. The molecule has 0 fully saturated rings. The lowest BCUT2D eigenvalue weighted by atomic mass is 10.2. The van der Waals surface area contributed by atoms with Gasteiger partial charge in [-0.2, -0.15) is 13.2 Å². The number of carbonyl (C=O) groups excluding carboxylic acids is 1. The minimum atomic E-state index is -4.59. The number of halogens is 4. The van der Waals surface area contributed by atoms with Crippen LogP contribution in [0.3, 0.4) is 0 Å². The smallest absolute Gasteiger partial charge is 0.370 e. The Kier molecular flexibility index (Phi) is 5.66. The highest BCUT2D eigenvalue weighted by atomic mass is 35.5. The minimum absolute atomic E-state index is 0.00455. The maximum atomic E-state index is 12.8. The number of pyridine rings is 1. The Bertz CT molecular complexity index is 717. The zero-order valence-electron chi connectivity index (χ0n) is 12.7. The molecule has 2 rings (SSSR count). The van der Waals surface area contributed by atoms with Crippen LogP contribution in [-0.2, 0) is 6.18 Å². The summed E-state index contributed by atoms with van der Waals surface area (Å²) in [5.41, 5.74) is -0.760. The maximum Gasteiger partial charge on any atom is 0.417 e. The topological polar surface area (TPSA) is 54.0 Å². The summed E-state index contributed by atoms with van der Waals surface area (Å²) in [4.78, 5) is 16.2. The van der Waals surface area contributed by atoms with Gasteiger partial charge in [0.25, 0.3) is 5.91 Å². The molecule has 0 spiro atoms. The summed E-state index contributed by atoms with van der Waals surface area (Å²) in [6.07, 6.45) is -2.30. The molecule has 0 aliphatic carbocycles. The Labute approximate surface area is 142 Å². The largest absolute Gasteiger partial charge is 0.417 e. The highest BCUT2D eigenvalue weighted by Crippen LogP contribution is 2.36. The summed E-state index contributed by atoms with van der Waals surface area (Å²) in [5, 5.41) is 5.04. The van der Waals surface area contributed by atoms with Crippen molar-refractivity contribution in [1.29, 1.82) is 0 Å². The van der Waals surface area contributed by atoms with Gasteiger partial charge in [-0.15, -0.1) is 0 Å². The fraction of sp³-hybridized carbons (Fsp3) is 0.250. The van der Waals surface area contributed by atoms with Gasteiger partial charge in [-0.3, -0.25) is 4.79 Å². The van der Waals surface area contributed by atoms with Crippen molar-refractivity contribution in [1.82, 2.24) is 4.98 Å². The SMILES string of the molecule is CCCNc1ccc(C(=O)Nc2ccc(Cl)c(C(F)(F)F)c2)cn1. The number of alkyl halides is 3. The number of hydrogen-bond donors (Lipinski definition) is 2. The van der Waals surface area contributed by atoms with Gasteiger partial charge in [-0.25, -0.2) is 4.98 Å². The molecule has 0 atom stereocenters. The number of anilines is 2. The van der Waals surface area contributed by atoms with Gasteiger partial charge in [0.05, 0.1) is 16.1 Å². The second-order valence-corrected chi connectivity index (χ2v) is 5.41. The first-order valence-corrected chi connectivity index (χ1v) is 7.57. The molecule has 0 radical (unpaired) electrons. The van der Waals surface area contributed by atoms with Gasteiger partial charge in [-0.05, 0) is 36.8 Å². The van der Waals surface area contributed by atoms with Gasteiger partial charge in [0, 0.05) is 18.4 Å². The molecule has 2 N–H and O–H groups in total. The highest BCUT2D eigenvalue weighted by Gasteiger charge is 2.33. The van der Waals surface area contributed by atoms with Crippen LogP contribution in [0.25, 0.3) is 0 Å². The van der Waals surface area contributed by atoms with Crippen LogP contribution in [0, 0.1) is 0 Å². The number of hydrogen-bond acceptors (Lipinski definition) is 3. The molecular formula is C16H15ClF3N3O. The Morgan fingerprint density at radius 2 is 2.00 bits per heavy atom. The Morgan fingerprint density at radius 1 is 1.25 bits per heavy atom. The van der Waals surface area contributed by atoms with E-state index in [2.05, 4.69) is 15.6 Å². The van der Waals surface area contributed by atoms with Crippen LogP contribution in [0.4, 0.5) is 24.7 Å². The Hall–Kier alpha value is -2.28. The average molecular weight is 358 g/mol. The van der Waals surface area contributed by atoms with Crippen LogP contribution < -0.4 is 10.6 Å². The van der Waals surface area contributed by atoms with Crippen molar-refractivity contribution in [2.75, 3.05) is 17.2 Å². The molecule has 1 aromatic heterocycles. The van der Waals surface area contributed by atoms with Crippen molar-refractivity contribution in [2.24, 2.45) is 0 Å². The molecule has 24 heavy (non-hydrogen) atoms. The molecule has 1 aromatic carbocycles. The molecule has 128 valence electrons. The molecule has 0 saturated carbocycles. The second kappa shape index (κ2) is 7.53. The second-order valence-electron chi connectivity index (χ2n) is 5.01. The maximum absolute atomic E-state index is 12.8. The third-order valence-corrected chi connectivity index (χ3v) is 3.44. The number of rotatable bonds is 5. The van der Waals surface area contributed by atoms with Crippen LogP contribution in [0.2, 0.25) is 5.02 Å². The molecule has 0 aliphatic rings. The number of amides is 1. The summed E-state index contributed by atoms with van der Waals surface area (Å²) in [7, 11) is 0. The summed E-state index contributed by atoms with van der Waals surface area (Å²) in [5.74, 6) is 0.0687. The number of carbonyl (C=O) groups is 1. The van der Waals surface area contributed by atoms with Crippen molar-refractivity contribution in [3.63, 3.8) is 0 Å². The van der Waals surface area contributed by atoms with E-state index in [1.165, 1.54) is 12.3 Å². The van der Waals surface area contributed by atoms with E-state index in [0.29, 0.717) is 5.82 Å². The summed E-state index contributed by atoms with van der Waals surface area (Å²) in [6, 6.07) is 6.37. The van der Waals surface area contributed by atoms with Gasteiger partial charge in [-0.1, -0.05) is 18.5 Å². The van der Waals surface area contributed by atoms with E-state index in [1.807, 2.05) is 6.92 Å². The molecule has 0 saturated heterocycles. The Balaban J connectivity index is 2.12. The summed E-state index contributed by atoms with van der Waals surface area (Å²) < 4.78 is 38.5. The van der Waals surface area contributed by atoms with E-state index in [0.717, 1.165) is 25.1 Å². The van der Waals surface area contributed by atoms with E-state index in [9.17, 15) is 18.0 Å². The number of nitrogens with one attached hydrogen (secondary N) is 2. The van der Waals surface area contributed by atoms with Crippen molar-refractivity contribution < 1.29 is 18.0 Å². The van der Waals surface area contributed by atoms with Gasteiger partial charge < -0.3 is 10.6 Å². The first kappa shape index (κ1) is 18.1. The third kappa shape index (κ3) is 4.61. The molecule has 4 nitrogen and oxygen atoms in total. The van der Waals surface area contributed by atoms with Gasteiger partial charge in [0.2, 0.25) is 0 Å². The fourth-order valence-corrected chi connectivity index (χ4v) is 2.13. The molecule has 0 bridgehead atoms. The van der Waals surface area contributed by atoms with E-state index >= 15 is 0 Å². The predicted octanol–water partition coefficient (Wildman–Crippen LogP) is 4.83. The molecule has 0 unspecified atom stereocenters. The third-order valence-electron chi connectivity index (χ3n) is 3.11. The minimum Gasteiger partial charge on any atom is -0.370 e.